The lowest BCUT2D eigenvalue weighted by atomic mass is 9.96. The Morgan fingerprint density at radius 3 is 2.70 bits per heavy atom. The van der Waals surface area contributed by atoms with E-state index in [2.05, 4.69) is 24.2 Å². The van der Waals surface area contributed by atoms with Gasteiger partial charge in [0.25, 0.3) is 0 Å². The monoisotopic (exact) mass is 325 g/mol. The second-order valence-corrected chi connectivity index (χ2v) is 6.87. The van der Waals surface area contributed by atoms with Crippen molar-refractivity contribution in [2.24, 2.45) is 16.8 Å². The fraction of sp³-hybridized carbons (Fsp3) is 0.944. The van der Waals surface area contributed by atoms with Gasteiger partial charge in [-0.1, -0.05) is 0 Å². The Kier molecular flexibility index (Phi) is 8.76. The molecule has 5 heteroatoms. The molecule has 0 aromatic carbocycles. The zero-order chi connectivity index (χ0) is 16.3. The van der Waals surface area contributed by atoms with Crippen LogP contribution in [0.2, 0.25) is 0 Å². The average Bonchev–Trinajstić information content (AvgIpc) is 3.40. The summed E-state index contributed by atoms with van der Waals surface area (Å²) in [4.78, 5) is 7.00. The van der Waals surface area contributed by atoms with Gasteiger partial charge in [0.1, 0.15) is 0 Å². The highest BCUT2D eigenvalue weighted by atomic mass is 16.5. The van der Waals surface area contributed by atoms with Gasteiger partial charge in [-0.05, 0) is 57.3 Å². The molecule has 23 heavy (non-hydrogen) atoms. The summed E-state index contributed by atoms with van der Waals surface area (Å²) in [6.07, 6.45) is 7.38. The van der Waals surface area contributed by atoms with Gasteiger partial charge in [-0.15, -0.1) is 0 Å². The molecule has 0 spiro atoms. The minimum Gasteiger partial charge on any atom is -0.381 e. The van der Waals surface area contributed by atoms with E-state index in [1.165, 1.54) is 32.1 Å². The van der Waals surface area contributed by atoms with Crippen LogP contribution in [0.25, 0.3) is 0 Å². The van der Waals surface area contributed by atoms with Crippen molar-refractivity contribution in [1.29, 1.82) is 0 Å². The second-order valence-electron chi connectivity index (χ2n) is 6.87. The molecule has 0 aromatic heterocycles. The largest absolute Gasteiger partial charge is 0.381 e. The van der Waals surface area contributed by atoms with Crippen LogP contribution in [0.15, 0.2) is 4.99 Å². The normalized spacial score (nSPS) is 19.8. The Hall–Kier alpha value is -0.810. The Labute approximate surface area is 141 Å². The van der Waals surface area contributed by atoms with Crippen molar-refractivity contribution in [1.82, 2.24) is 10.2 Å². The van der Waals surface area contributed by atoms with E-state index in [0.717, 1.165) is 70.3 Å². The van der Waals surface area contributed by atoms with Gasteiger partial charge in [0.2, 0.25) is 0 Å². The zero-order valence-electron chi connectivity index (χ0n) is 15.1. The summed E-state index contributed by atoms with van der Waals surface area (Å²) in [5.74, 6) is 2.69. The van der Waals surface area contributed by atoms with E-state index in [1.54, 1.807) is 0 Å². The van der Waals surface area contributed by atoms with Crippen LogP contribution in [0.5, 0.6) is 0 Å². The highest BCUT2D eigenvalue weighted by molar-refractivity contribution is 5.79. The average molecular weight is 325 g/mol. The highest BCUT2D eigenvalue weighted by Gasteiger charge is 2.20. The fourth-order valence-corrected chi connectivity index (χ4v) is 2.87. The van der Waals surface area contributed by atoms with Crippen molar-refractivity contribution in [3.8, 4) is 0 Å². The van der Waals surface area contributed by atoms with Crippen LogP contribution in [0.1, 0.15) is 45.4 Å². The first-order valence-electron chi connectivity index (χ1n) is 9.44. The predicted molar refractivity (Wildman–Crippen MR) is 94.9 cm³/mol. The molecule has 0 unspecified atom stereocenters. The molecular formula is C18H35N3O2. The molecule has 1 saturated heterocycles. The number of hydrogen-bond donors (Lipinski definition) is 1. The number of rotatable bonds is 10. The summed E-state index contributed by atoms with van der Waals surface area (Å²) in [5, 5.41) is 3.40. The topological polar surface area (TPSA) is 46.1 Å². The first-order chi connectivity index (χ1) is 11.3. The van der Waals surface area contributed by atoms with Crippen LogP contribution in [-0.4, -0.2) is 64.0 Å². The Bertz CT molecular complexity index is 339. The van der Waals surface area contributed by atoms with E-state index >= 15 is 0 Å². The van der Waals surface area contributed by atoms with Gasteiger partial charge in [0.15, 0.2) is 5.96 Å². The van der Waals surface area contributed by atoms with Crippen molar-refractivity contribution in [3.05, 3.63) is 0 Å². The summed E-state index contributed by atoms with van der Waals surface area (Å²) in [6, 6.07) is 0. The van der Waals surface area contributed by atoms with Gasteiger partial charge in [-0.25, -0.2) is 0 Å². The van der Waals surface area contributed by atoms with Gasteiger partial charge in [0.05, 0.1) is 0 Å². The van der Waals surface area contributed by atoms with Crippen molar-refractivity contribution in [3.63, 3.8) is 0 Å². The summed E-state index contributed by atoms with van der Waals surface area (Å²) < 4.78 is 11.1. The smallest absolute Gasteiger partial charge is 0.193 e. The predicted octanol–water partition coefficient (Wildman–Crippen LogP) is 2.52. The first-order valence-corrected chi connectivity index (χ1v) is 9.44. The number of hydrogen-bond acceptors (Lipinski definition) is 3. The molecule has 1 heterocycles. The van der Waals surface area contributed by atoms with Crippen molar-refractivity contribution < 1.29 is 9.47 Å². The molecule has 0 aromatic rings. The van der Waals surface area contributed by atoms with Crippen molar-refractivity contribution >= 4 is 5.96 Å². The van der Waals surface area contributed by atoms with Crippen LogP contribution in [0.3, 0.4) is 0 Å². The molecule has 5 nitrogen and oxygen atoms in total. The number of guanidine groups is 1. The lowest BCUT2D eigenvalue weighted by molar-refractivity contribution is 0.0625. The number of nitrogens with one attached hydrogen (secondary N) is 1. The molecule has 0 amide bonds. The molecule has 0 bridgehead atoms. The SMILES string of the molecule is CCNC(=NCCCOCC1CC1)N(C)CCC1CCOCC1. The number of ether oxygens (including phenoxy) is 2. The number of nitrogens with zero attached hydrogens (tertiary/aromatic N) is 2. The maximum absolute atomic E-state index is 5.67. The van der Waals surface area contributed by atoms with Crippen LogP contribution < -0.4 is 5.32 Å². The summed E-state index contributed by atoms with van der Waals surface area (Å²) >= 11 is 0. The van der Waals surface area contributed by atoms with Gasteiger partial charge in [-0.3, -0.25) is 4.99 Å². The summed E-state index contributed by atoms with van der Waals surface area (Å²) in [7, 11) is 2.14. The molecule has 2 fully saturated rings. The zero-order valence-corrected chi connectivity index (χ0v) is 15.1. The third kappa shape index (κ3) is 8.02. The Morgan fingerprint density at radius 1 is 1.22 bits per heavy atom. The van der Waals surface area contributed by atoms with E-state index in [9.17, 15) is 0 Å². The molecule has 1 aliphatic carbocycles. The third-order valence-corrected chi connectivity index (χ3v) is 4.67. The van der Waals surface area contributed by atoms with Crippen LogP contribution in [0.4, 0.5) is 0 Å². The Morgan fingerprint density at radius 2 is 2.00 bits per heavy atom. The van der Waals surface area contributed by atoms with Gasteiger partial charge >= 0.3 is 0 Å². The minimum atomic E-state index is 0.810. The third-order valence-electron chi connectivity index (χ3n) is 4.67. The van der Waals surface area contributed by atoms with E-state index < -0.39 is 0 Å². The van der Waals surface area contributed by atoms with Crippen LogP contribution in [-0.2, 0) is 9.47 Å². The maximum Gasteiger partial charge on any atom is 0.193 e. The lowest BCUT2D eigenvalue weighted by Crippen LogP contribution is -2.40. The molecule has 1 N–H and O–H groups in total. The summed E-state index contributed by atoms with van der Waals surface area (Å²) in [5.41, 5.74) is 0. The first kappa shape index (κ1) is 18.5. The van der Waals surface area contributed by atoms with Crippen LogP contribution >= 0.6 is 0 Å². The van der Waals surface area contributed by atoms with Gasteiger partial charge in [-0.2, -0.15) is 0 Å². The van der Waals surface area contributed by atoms with E-state index in [1.807, 2.05) is 0 Å². The van der Waals surface area contributed by atoms with Gasteiger partial charge in [0, 0.05) is 53.1 Å². The molecule has 1 aliphatic heterocycles. The molecule has 2 aliphatic rings. The highest BCUT2D eigenvalue weighted by Crippen LogP contribution is 2.28. The number of aliphatic imine (C=N–C) groups is 1. The molecular weight excluding hydrogens is 290 g/mol. The lowest BCUT2D eigenvalue weighted by Gasteiger charge is -2.26. The van der Waals surface area contributed by atoms with Gasteiger partial charge < -0.3 is 19.7 Å². The fourth-order valence-electron chi connectivity index (χ4n) is 2.87. The van der Waals surface area contributed by atoms with E-state index in [0.29, 0.717) is 0 Å². The quantitative estimate of drug-likeness (QED) is 0.381. The van der Waals surface area contributed by atoms with Crippen molar-refractivity contribution in [2.75, 3.05) is 53.1 Å². The minimum absolute atomic E-state index is 0.810. The second kappa shape index (κ2) is 10.9. The molecule has 134 valence electrons. The van der Waals surface area contributed by atoms with Crippen LogP contribution in [0, 0.1) is 11.8 Å². The molecule has 0 atom stereocenters. The summed E-state index contributed by atoms with van der Waals surface area (Å²) in [6.45, 7) is 8.61. The van der Waals surface area contributed by atoms with Crippen molar-refractivity contribution in [2.45, 2.75) is 45.4 Å². The van der Waals surface area contributed by atoms with E-state index in [-0.39, 0.29) is 0 Å². The maximum atomic E-state index is 5.67. The molecule has 1 saturated carbocycles. The molecule has 2 rings (SSSR count). The van der Waals surface area contributed by atoms with E-state index in [4.69, 9.17) is 14.5 Å². The molecule has 0 radical (unpaired) electrons. The standard InChI is InChI=1S/C18H35N3O2/c1-3-19-18(20-10-4-12-23-15-17-5-6-17)21(2)11-7-16-8-13-22-14-9-16/h16-17H,3-15H2,1-2H3,(H,19,20). The Balaban J connectivity index is 1.61.